The zero-order valence-corrected chi connectivity index (χ0v) is 16.0. The molecule has 6 heteroatoms. The second kappa shape index (κ2) is 9.08. The first kappa shape index (κ1) is 19.5. The van der Waals surface area contributed by atoms with Gasteiger partial charge in [0.15, 0.2) is 0 Å². The highest BCUT2D eigenvalue weighted by molar-refractivity contribution is 6.04. The Kier molecular flexibility index (Phi) is 6.32. The van der Waals surface area contributed by atoms with E-state index in [0.29, 0.717) is 36.7 Å². The van der Waals surface area contributed by atoms with E-state index in [0.717, 1.165) is 11.3 Å². The summed E-state index contributed by atoms with van der Waals surface area (Å²) in [5, 5.41) is 3.06. The number of hydrogen-bond donors (Lipinski definition) is 1. The highest BCUT2D eigenvalue weighted by Gasteiger charge is 2.18. The van der Waals surface area contributed by atoms with Crippen LogP contribution in [0.25, 0.3) is 0 Å². The molecule has 5 nitrogen and oxygen atoms in total. The van der Waals surface area contributed by atoms with Crippen molar-refractivity contribution in [3.63, 3.8) is 0 Å². The summed E-state index contributed by atoms with van der Waals surface area (Å²) in [4.78, 5) is 23.1. The molecule has 1 N–H and O–H groups in total. The Hall–Kier alpha value is -3.28. The highest BCUT2D eigenvalue weighted by Crippen LogP contribution is 2.18. The highest BCUT2D eigenvalue weighted by atomic mass is 19.1. The third-order valence-electron chi connectivity index (χ3n) is 4.38. The van der Waals surface area contributed by atoms with Crippen molar-refractivity contribution in [1.29, 1.82) is 0 Å². The molecular formula is C22H23FN4O. The van der Waals surface area contributed by atoms with E-state index in [1.807, 2.05) is 38.1 Å². The molecule has 1 heterocycles. The number of aryl methyl sites for hydroxylation is 1. The van der Waals surface area contributed by atoms with Gasteiger partial charge in [-0.05, 0) is 55.7 Å². The normalized spacial score (nSPS) is 10.5. The molecule has 0 saturated carbocycles. The number of carbonyl (C=O) groups is 1. The Balaban J connectivity index is 1.69. The first-order chi connectivity index (χ1) is 13.6. The lowest BCUT2D eigenvalue weighted by molar-refractivity contribution is 0.0983. The van der Waals surface area contributed by atoms with Gasteiger partial charge >= 0.3 is 0 Å². The molecule has 0 aliphatic carbocycles. The summed E-state index contributed by atoms with van der Waals surface area (Å²) in [5.41, 5.74) is 2.85. The summed E-state index contributed by atoms with van der Waals surface area (Å²) >= 11 is 0. The Morgan fingerprint density at radius 2 is 1.96 bits per heavy atom. The number of carbonyl (C=O) groups excluding carboxylic acids is 1. The predicted molar refractivity (Wildman–Crippen MR) is 109 cm³/mol. The summed E-state index contributed by atoms with van der Waals surface area (Å²) in [6, 6.07) is 16.0. The van der Waals surface area contributed by atoms with E-state index in [9.17, 15) is 9.18 Å². The number of benzene rings is 2. The molecule has 3 aromatic rings. The standard InChI is InChI=1S/C22H23FN4O/c1-3-27(18-9-6-7-16(2)15-18)21(28)20-12-14-25-22(26-20)24-13-11-17-8-4-5-10-19(17)23/h4-10,12,14-15H,3,11,13H2,1-2H3,(H,24,25,26). The molecule has 0 atom stereocenters. The molecule has 1 amide bonds. The lowest BCUT2D eigenvalue weighted by Gasteiger charge is -2.21. The molecule has 0 fully saturated rings. The lowest BCUT2D eigenvalue weighted by atomic mass is 10.1. The quantitative estimate of drug-likeness (QED) is 0.668. The third kappa shape index (κ3) is 4.71. The smallest absolute Gasteiger partial charge is 0.277 e. The fourth-order valence-electron chi connectivity index (χ4n) is 2.95. The summed E-state index contributed by atoms with van der Waals surface area (Å²) in [7, 11) is 0. The van der Waals surface area contributed by atoms with Gasteiger partial charge in [0.1, 0.15) is 11.5 Å². The van der Waals surface area contributed by atoms with Gasteiger partial charge in [-0.25, -0.2) is 14.4 Å². The molecular weight excluding hydrogens is 355 g/mol. The van der Waals surface area contributed by atoms with Crippen LogP contribution in [0.1, 0.15) is 28.5 Å². The topological polar surface area (TPSA) is 58.1 Å². The zero-order chi connectivity index (χ0) is 19.9. The average Bonchev–Trinajstić information content (AvgIpc) is 2.70. The molecule has 0 bridgehead atoms. The molecule has 0 spiro atoms. The predicted octanol–water partition coefficient (Wildman–Crippen LogP) is 4.25. The van der Waals surface area contributed by atoms with Crippen LogP contribution in [0, 0.1) is 12.7 Å². The molecule has 0 radical (unpaired) electrons. The van der Waals surface area contributed by atoms with Crippen molar-refractivity contribution in [3.05, 3.63) is 83.4 Å². The van der Waals surface area contributed by atoms with Gasteiger partial charge in [0.2, 0.25) is 5.95 Å². The minimum Gasteiger partial charge on any atom is -0.354 e. The second-order valence-electron chi connectivity index (χ2n) is 6.42. The van der Waals surface area contributed by atoms with Crippen molar-refractivity contribution in [1.82, 2.24) is 9.97 Å². The van der Waals surface area contributed by atoms with Crippen molar-refractivity contribution in [2.75, 3.05) is 23.3 Å². The largest absolute Gasteiger partial charge is 0.354 e. The Morgan fingerprint density at radius 1 is 1.14 bits per heavy atom. The van der Waals surface area contributed by atoms with Crippen LogP contribution in [0.4, 0.5) is 16.0 Å². The van der Waals surface area contributed by atoms with E-state index in [4.69, 9.17) is 0 Å². The van der Waals surface area contributed by atoms with Crippen molar-refractivity contribution in [2.24, 2.45) is 0 Å². The fourth-order valence-corrected chi connectivity index (χ4v) is 2.95. The van der Waals surface area contributed by atoms with Gasteiger partial charge in [-0.1, -0.05) is 30.3 Å². The first-order valence-corrected chi connectivity index (χ1v) is 9.27. The number of halogens is 1. The third-order valence-corrected chi connectivity index (χ3v) is 4.38. The molecule has 1 aromatic heterocycles. The van der Waals surface area contributed by atoms with Crippen LogP contribution in [0.15, 0.2) is 60.8 Å². The van der Waals surface area contributed by atoms with Crippen LogP contribution < -0.4 is 10.2 Å². The average molecular weight is 378 g/mol. The van der Waals surface area contributed by atoms with Crippen molar-refractivity contribution in [3.8, 4) is 0 Å². The summed E-state index contributed by atoms with van der Waals surface area (Å²) in [6.45, 7) is 4.91. The number of nitrogens with one attached hydrogen (secondary N) is 1. The number of anilines is 2. The summed E-state index contributed by atoms with van der Waals surface area (Å²) in [5.74, 6) is -0.0685. The summed E-state index contributed by atoms with van der Waals surface area (Å²) in [6.07, 6.45) is 2.05. The first-order valence-electron chi connectivity index (χ1n) is 9.27. The Labute approximate surface area is 164 Å². The van der Waals surface area contributed by atoms with Crippen molar-refractivity contribution in [2.45, 2.75) is 20.3 Å². The lowest BCUT2D eigenvalue weighted by Crippen LogP contribution is -2.31. The maximum atomic E-state index is 13.7. The van der Waals surface area contributed by atoms with Gasteiger partial charge in [-0.2, -0.15) is 0 Å². The van der Waals surface area contributed by atoms with Gasteiger partial charge in [-0.15, -0.1) is 0 Å². The van der Waals surface area contributed by atoms with E-state index >= 15 is 0 Å². The van der Waals surface area contributed by atoms with Crippen LogP contribution >= 0.6 is 0 Å². The maximum Gasteiger partial charge on any atom is 0.277 e. The number of nitrogens with zero attached hydrogens (tertiary/aromatic N) is 3. The van der Waals surface area contributed by atoms with Crippen LogP contribution in [0.5, 0.6) is 0 Å². The van der Waals surface area contributed by atoms with Gasteiger partial charge in [0, 0.05) is 25.0 Å². The Bertz CT molecular complexity index is 961. The van der Waals surface area contributed by atoms with Gasteiger partial charge in [-0.3, -0.25) is 4.79 Å². The number of aromatic nitrogens is 2. The van der Waals surface area contributed by atoms with E-state index in [1.54, 1.807) is 35.4 Å². The van der Waals surface area contributed by atoms with Crippen LogP contribution in [-0.2, 0) is 6.42 Å². The van der Waals surface area contributed by atoms with E-state index in [-0.39, 0.29) is 11.7 Å². The van der Waals surface area contributed by atoms with E-state index in [2.05, 4.69) is 15.3 Å². The second-order valence-corrected chi connectivity index (χ2v) is 6.42. The molecule has 3 rings (SSSR count). The van der Waals surface area contributed by atoms with Gasteiger partial charge in [0.25, 0.3) is 5.91 Å². The molecule has 0 aliphatic rings. The van der Waals surface area contributed by atoms with Crippen molar-refractivity contribution < 1.29 is 9.18 Å². The minimum atomic E-state index is -0.231. The van der Waals surface area contributed by atoms with Gasteiger partial charge < -0.3 is 10.2 Å². The molecule has 144 valence electrons. The SMILES string of the molecule is CCN(C(=O)c1ccnc(NCCc2ccccc2F)n1)c1cccc(C)c1. The molecule has 0 saturated heterocycles. The van der Waals surface area contributed by atoms with Crippen LogP contribution in [-0.4, -0.2) is 29.0 Å². The monoisotopic (exact) mass is 378 g/mol. The maximum absolute atomic E-state index is 13.7. The van der Waals surface area contributed by atoms with E-state index < -0.39 is 0 Å². The molecule has 2 aromatic carbocycles. The van der Waals surface area contributed by atoms with Crippen LogP contribution in [0.3, 0.4) is 0 Å². The molecule has 0 aliphatic heterocycles. The zero-order valence-electron chi connectivity index (χ0n) is 16.0. The molecule has 0 unspecified atom stereocenters. The van der Waals surface area contributed by atoms with Crippen molar-refractivity contribution >= 4 is 17.5 Å². The number of rotatable bonds is 7. The van der Waals surface area contributed by atoms with Gasteiger partial charge in [0.05, 0.1) is 0 Å². The fraction of sp³-hybridized carbons (Fsp3) is 0.227. The minimum absolute atomic E-state index is 0.187. The number of amides is 1. The summed E-state index contributed by atoms with van der Waals surface area (Å²) < 4.78 is 13.7. The number of hydrogen-bond acceptors (Lipinski definition) is 4. The van der Waals surface area contributed by atoms with Crippen LogP contribution in [0.2, 0.25) is 0 Å². The Morgan fingerprint density at radius 3 is 2.71 bits per heavy atom. The molecule has 28 heavy (non-hydrogen) atoms. The van der Waals surface area contributed by atoms with E-state index in [1.165, 1.54) is 6.07 Å².